The Morgan fingerprint density at radius 2 is 2.29 bits per heavy atom. The molecule has 0 aliphatic heterocycles. The molecule has 2 aromatic rings. The third-order valence-electron chi connectivity index (χ3n) is 2.71. The normalized spacial score (nSPS) is 10.4. The van der Waals surface area contributed by atoms with Gasteiger partial charge in [0.15, 0.2) is 0 Å². The van der Waals surface area contributed by atoms with E-state index >= 15 is 0 Å². The average molecular weight is 249 g/mol. The molecule has 0 radical (unpaired) electrons. The topological polar surface area (TPSA) is 18.5 Å². The van der Waals surface area contributed by atoms with Gasteiger partial charge in [-0.2, -0.15) is 0 Å². The summed E-state index contributed by atoms with van der Waals surface area (Å²) in [5.74, 6) is 1.41. The number of nitrogens with zero attached hydrogens (tertiary/aromatic N) is 2. The molecule has 0 N–H and O–H groups in total. The van der Waals surface area contributed by atoms with Gasteiger partial charge in [0.1, 0.15) is 5.75 Å². The Kier molecular flexibility index (Phi) is 3.55. The Hall–Kier alpha value is -1.66. The highest BCUT2D eigenvalue weighted by molar-refractivity contribution is 6.17. The summed E-state index contributed by atoms with van der Waals surface area (Å²) in [5.41, 5.74) is 1.64. The van der Waals surface area contributed by atoms with Crippen LogP contribution < -0.4 is 4.74 Å². The Balaban J connectivity index is 2.62. The molecule has 4 heteroatoms. The first-order valence-corrected chi connectivity index (χ1v) is 5.94. The lowest BCUT2D eigenvalue weighted by Gasteiger charge is -2.08. The summed E-state index contributed by atoms with van der Waals surface area (Å²) in [6, 6.07) is 5.76. The van der Waals surface area contributed by atoms with Crippen LogP contribution in [0.25, 0.3) is 15.7 Å². The number of hydrogen-bond donors (Lipinski definition) is 0. The summed E-state index contributed by atoms with van der Waals surface area (Å²) in [6.45, 7) is 7.99. The van der Waals surface area contributed by atoms with Gasteiger partial charge in [0.2, 0.25) is 5.69 Å². The van der Waals surface area contributed by atoms with Crippen molar-refractivity contribution >= 4 is 28.2 Å². The van der Waals surface area contributed by atoms with Crippen molar-refractivity contribution in [2.45, 2.75) is 13.0 Å². The van der Waals surface area contributed by atoms with E-state index in [-0.39, 0.29) is 0 Å². The SMILES string of the molecule is [C-]#[N+]c1cn(CCCCl)c2c(OC)cccc12. The smallest absolute Gasteiger partial charge is 0.212 e. The molecule has 0 aliphatic rings. The maximum atomic E-state index is 7.19. The van der Waals surface area contributed by atoms with E-state index in [1.54, 1.807) is 7.11 Å². The number of para-hydroxylation sites is 1. The van der Waals surface area contributed by atoms with Crippen molar-refractivity contribution in [2.75, 3.05) is 13.0 Å². The lowest BCUT2D eigenvalue weighted by atomic mass is 10.2. The van der Waals surface area contributed by atoms with Gasteiger partial charge in [-0.3, -0.25) is 0 Å². The van der Waals surface area contributed by atoms with Crippen LogP contribution in [0.4, 0.5) is 5.69 Å². The molecule has 0 fully saturated rings. The predicted octanol–water partition coefficient (Wildman–Crippen LogP) is 3.83. The van der Waals surface area contributed by atoms with Crippen molar-refractivity contribution in [3.05, 3.63) is 35.8 Å². The van der Waals surface area contributed by atoms with E-state index in [1.165, 1.54) is 0 Å². The maximum absolute atomic E-state index is 7.19. The molecule has 0 unspecified atom stereocenters. The minimum atomic E-state index is 0.613. The molecular weight excluding hydrogens is 236 g/mol. The minimum absolute atomic E-state index is 0.613. The number of ether oxygens (including phenoxy) is 1. The summed E-state index contributed by atoms with van der Waals surface area (Å²) < 4.78 is 7.39. The number of methoxy groups -OCH3 is 1. The Bertz CT molecular complexity index is 569. The molecule has 3 nitrogen and oxygen atoms in total. The van der Waals surface area contributed by atoms with Gasteiger partial charge in [0.25, 0.3) is 0 Å². The number of aryl methyl sites for hydroxylation is 1. The number of fused-ring (bicyclic) bond motifs is 1. The van der Waals surface area contributed by atoms with Crippen molar-refractivity contribution in [1.29, 1.82) is 0 Å². The van der Waals surface area contributed by atoms with Crippen molar-refractivity contribution in [3.63, 3.8) is 0 Å². The van der Waals surface area contributed by atoms with E-state index in [1.807, 2.05) is 29.0 Å². The van der Waals surface area contributed by atoms with E-state index in [0.29, 0.717) is 11.6 Å². The average Bonchev–Trinajstić information content (AvgIpc) is 2.74. The molecule has 1 heterocycles. The minimum Gasteiger partial charge on any atom is -0.495 e. The van der Waals surface area contributed by atoms with Crippen molar-refractivity contribution in [1.82, 2.24) is 4.57 Å². The maximum Gasteiger partial charge on any atom is 0.212 e. The molecule has 0 aliphatic carbocycles. The largest absolute Gasteiger partial charge is 0.495 e. The third kappa shape index (κ3) is 2.09. The van der Waals surface area contributed by atoms with Crippen LogP contribution in [0.15, 0.2) is 24.4 Å². The fraction of sp³-hybridized carbons (Fsp3) is 0.308. The van der Waals surface area contributed by atoms with Gasteiger partial charge in [-0.05, 0) is 12.5 Å². The Morgan fingerprint density at radius 1 is 1.47 bits per heavy atom. The van der Waals surface area contributed by atoms with E-state index in [0.717, 1.165) is 29.6 Å². The first-order valence-electron chi connectivity index (χ1n) is 5.41. The van der Waals surface area contributed by atoms with Crippen LogP contribution in [0.1, 0.15) is 6.42 Å². The quantitative estimate of drug-likeness (QED) is 0.594. The molecular formula is C13H13ClN2O. The van der Waals surface area contributed by atoms with Gasteiger partial charge in [-0.15, -0.1) is 11.6 Å². The first kappa shape index (κ1) is 11.8. The van der Waals surface area contributed by atoms with Crippen LogP contribution in [-0.4, -0.2) is 17.6 Å². The number of aromatic nitrogens is 1. The van der Waals surface area contributed by atoms with Crippen LogP contribution in [0.3, 0.4) is 0 Å². The standard InChI is InChI=1S/C13H13ClN2O/c1-15-11-9-16(8-4-7-14)13-10(11)5-3-6-12(13)17-2/h3,5-6,9H,4,7-8H2,2H3. The molecule has 0 amide bonds. The summed E-state index contributed by atoms with van der Waals surface area (Å²) in [6.07, 6.45) is 2.74. The van der Waals surface area contributed by atoms with E-state index < -0.39 is 0 Å². The lowest BCUT2D eigenvalue weighted by molar-refractivity contribution is 0.417. The summed E-state index contributed by atoms with van der Waals surface area (Å²) in [5, 5.41) is 0.939. The van der Waals surface area contributed by atoms with E-state index in [4.69, 9.17) is 22.9 Å². The zero-order chi connectivity index (χ0) is 12.3. The molecule has 88 valence electrons. The van der Waals surface area contributed by atoms with Crippen LogP contribution >= 0.6 is 11.6 Å². The zero-order valence-corrected chi connectivity index (χ0v) is 10.4. The van der Waals surface area contributed by atoms with Crippen molar-refractivity contribution in [3.8, 4) is 5.75 Å². The highest BCUT2D eigenvalue weighted by atomic mass is 35.5. The molecule has 0 saturated carbocycles. The van der Waals surface area contributed by atoms with Gasteiger partial charge >= 0.3 is 0 Å². The van der Waals surface area contributed by atoms with Crippen LogP contribution in [0.5, 0.6) is 5.75 Å². The molecule has 0 atom stereocenters. The Morgan fingerprint density at radius 3 is 2.94 bits per heavy atom. The summed E-state index contributed by atoms with van der Waals surface area (Å²) in [4.78, 5) is 3.54. The van der Waals surface area contributed by atoms with Crippen LogP contribution in [0.2, 0.25) is 0 Å². The van der Waals surface area contributed by atoms with Crippen molar-refractivity contribution in [2.24, 2.45) is 0 Å². The zero-order valence-electron chi connectivity index (χ0n) is 9.61. The molecule has 0 spiro atoms. The van der Waals surface area contributed by atoms with Crippen LogP contribution in [-0.2, 0) is 6.54 Å². The molecule has 1 aromatic carbocycles. The van der Waals surface area contributed by atoms with Crippen LogP contribution in [0, 0.1) is 6.57 Å². The molecule has 0 saturated heterocycles. The molecule has 2 rings (SSSR count). The fourth-order valence-corrected chi connectivity index (χ4v) is 2.09. The second-order valence-electron chi connectivity index (χ2n) is 3.72. The van der Waals surface area contributed by atoms with E-state index in [9.17, 15) is 0 Å². The number of halogens is 1. The number of rotatable bonds is 4. The summed E-state index contributed by atoms with van der Waals surface area (Å²) in [7, 11) is 1.64. The molecule has 0 bridgehead atoms. The lowest BCUT2D eigenvalue weighted by Crippen LogP contribution is -1.98. The number of hydrogen-bond acceptors (Lipinski definition) is 1. The molecule has 1 aromatic heterocycles. The fourth-order valence-electron chi connectivity index (χ4n) is 1.97. The third-order valence-corrected chi connectivity index (χ3v) is 2.98. The van der Waals surface area contributed by atoms with Gasteiger partial charge in [0.05, 0.1) is 19.2 Å². The highest BCUT2D eigenvalue weighted by Gasteiger charge is 2.11. The monoisotopic (exact) mass is 248 g/mol. The van der Waals surface area contributed by atoms with Gasteiger partial charge in [0, 0.05) is 24.0 Å². The van der Waals surface area contributed by atoms with E-state index in [2.05, 4.69) is 4.85 Å². The second kappa shape index (κ2) is 5.11. The number of benzene rings is 1. The molecule has 17 heavy (non-hydrogen) atoms. The van der Waals surface area contributed by atoms with Crippen molar-refractivity contribution < 1.29 is 4.74 Å². The van der Waals surface area contributed by atoms with Gasteiger partial charge in [-0.1, -0.05) is 12.1 Å². The summed E-state index contributed by atoms with van der Waals surface area (Å²) >= 11 is 5.71. The van der Waals surface area contributed by atoms with Gasteiger partial charge in [-0.25, -0.2) is 4.85 Å². The second-order valence-corrected chi connectivity index (χ2v) is 4.10. The number of alkyl halides is 1. The highest BCUT2D eigenvalue weighted by Crippen LogP contribution is 2.34. The first-order chi connectivity index (χ1) is 8.31. The Labute approximate surface area is 105 Å². The predicted molar refractivity (Wildman–Crippen MR) is 70.1 cm³/mol. The van der Waals surface area contributed by atoms with Gasteiger partial charge < -0.3 is 9.30 Å².